The van der Waals surface area contributed by atoms with Crippen molar-refractivity contribution in [1.29, 1.82) is 0 Å². The molecular weight excluding hydrogens is 292 g/mol. The molecule has 0 aliphatic carbocycles. The Kier molecular flexibility index (Phi) is 4.49. The fourth-order valence-electron chi connectivity index (χ4n) is 3.79. The number of nitro benzene ring substituents is 1. The molecule has 0 bridgehead atoms. The van der Waals surface area contributed by atoms with E-state index in [4.69, 9.17) is 6.57 Å². The molecule has 1 aromatic rings. The standard InChI is InChI=1S/C17H22N4O2/c1-18-14-19-10-6-17(7-11-19)8-12-20(13-9-17)15-2-4-16(5-3-15)21(22)23/h2-5H,6-14H2. The maximum Gasteiger partial charge on any atom is 0.270 e. The zero-order chi connectivity index (χ0) is 16.3. The van der Waals surface area contributed by atoms with Gasteiger partial charge < -0.3 is 4.90 Å². The third kappa shape index (κ3) is 3.45. The van der Waals surface area contributed by atoms with E-state index < -0.39 is 0 Å². The zero-order valence-electron chi connectivity index (χ0n) is 13.3. The van der Waals surface area contributed by atoms with Crippen LogP contribution >= 0.6 is 0 Å². The molecule has 0 atom stereocenters. The first-order valence-electron chi connectivity index (χ1n) is 8.17. The van der Waals surface area contributed by atoms with Crippen LogP contribution in [0.3, 0.4) is 0 Å². The lowest BCUT2D eigenvalue weighted by Gasteiger charge is -2.46. The predicted octanol–water partition coefficient (Wildman–Crippen LogP) is 3.15. The molecule has 0 radical (unpaired) electrons. The first-order valence-corrected chi connectivity index (χ1v) is 8.17. The van der Waals surface area contributed by atoms with Gasteiger partial charge in [-0.05, 0) is 43.2 Å². The van der Waals surface area contributed by atoms with E-state index in [0.29, 0.717) is 12.1 Å². The molecule has 2 aliphatic heterocycles. The number of rotatable bonds is 3. The van der Waals surface area contributed by atoms with Gasteiger partial charge in [0.2, 0.25) is 0 Å². The molecule has 0 saturated carbocycles. The van der Waals surface area contributed by atoms with Crippen LogP contribution in [-0.4, -0.2) is 42.7 Å². The highest BCUT2D eigenvalue weighted by Gasteiger charge is 2.37. The number of non-ortho nitro benzene ring substituents is 1. The van der Waals surface area contributed by atoms with Gasteiger partial charge in [-0.1, -0.05) is 0 Å². The van der Waals surface area contributed by atoms with E-state index in [1.807, 2.05) is 12.1 Å². The second-order valence-corrected chi connectivity index (χ2v) is 6.68. The molecule has 23 heavy (non-hydrogen) atoms. The van der Waals surface area contributed by atoms with Gasteiger partial charge in [-0.15, -0.1) is 0 Å². The summed E-state index contributed by atoms with van der Waals surface area (Å²) < 4.78 is 0. The maximum absolute atomic E-state index is 10.7. The van der Waals surface area contributed by atoms with Gasteiger partial charge in [0.05, 0.1) is 4.92 Å². The van der Waals surface area contributed by atoms with Crippen molar-refractivity contribution in [2.24, 2.45) is 5.41 Å². The number of nitrogens with zero attached hydrogens (tertiary/aromatic N) is 4. The summed E-state index contributed by atoms with van der Waals surface area (Å²) in [6.45, 7) is 11.6. The lowest BCUT2D eigenvalue weighted by molar-refractivity contribution is -0.384. The van der Waals surface area contributed by atoms with Crippen molar-refractivity contribution in [1.82, 2.24) is 4.90 Å². The van der Waals surface area contributed by atoms with E-state index in [9.17, 15) is 10.1 Å². The van der Waals surface area contributed by atoms with E-state index in [1.165, 1.54) is 25.7 Å². The van der Waals surface area contributed by atoms with E-state index in [-0.39, 0.29) is 10.6 Å². The third-order valence-corrected chi connectivity index (χ3v) is 5.44. The van der Waals surface area contributed by atoms with Crippen LogP contribution in [0.25, 0.3) is 4.85 Å². The monoisotopic (exact) mass is 314 g/mol. The molecule has 3 rings (SSSR count). The van der Waals surface area contributed by atoms with Crippen LogP contribution in [0, 0.1) is 22.1 Å². The summed E-state index contributed by atoms with van der Waals surface area (Å²) in [7, 11) is 0. The summed E-state index contributed by atoms with van der Waals surface area (Å²) in [6.07, 6.45) is 4.74. The van der Waals surface area contributed by atoms with Gasteiger partial charge in [0, 0.05) is 44.0 Å². The highest BCUT2D eigenvalue weighted by molar-refractivity contribution is 5.51. The van der Waals surface area contributed by atoms with Crippen molar-refractivity contribution in [3.63, 3.8) is 0 Å². The van der Waals surface area contributed by atoms with Crippen molar-refractivity contribution in [2.45, 2.75) is 25.7 Å². The third-order valence-electron chi connectivity index (χ3n) is 5.44. The molecule has 2 heterocycles. The lowest BCUT2D eigenvalue weighted by atomic mass is 9.71. The molecule has 0 amide bonds. The predicted molar refractivity (Wildman–Crippen MR) is 89.3 cm³/mol. The summed E-state index contributed by atoms with van der Waals surface area (Å²) >= 11 is 0. The second-order valence-electron chi connectivity index (χ2n) is 6.68. The van der Waals surface area contributed by atoms with Crippen molar-refractivity contribution in [2.75, 3.05) is 37.7 Å². The fraction of sp³-hybridized carbons (Fsp3) is 0.588. The highest BCUT2D eigenvalue weighted by Crippen LogP contribution is 2.42. The van der Waals surface area contributed by atoms with Gasteiger partial charge in [-0.25, -0.2) is 11.5 Å². The molecule has 122 valence electrons. The molecule has 2 aliphatic rings. The van der Waals surface area contributed by atoms with E-state index >= 15 is 0 Å². The van der Waals surface area contributed by atoms with E-state index in [0.717, 1.165) is 31.9 Å². The van der Waals surface area contributed by atoms with Gasteiger partial charge in [-0.3, -0.25) is 15.0 Å². The van der Waals surface area contributed by atoms with Crippen molar-refractivity contribution >= 4 is 11.4 Å². The molecular formula is C17H22N4O2. The molecule has 1 spiro atoms. The summed E-state index contributed by atoms with van der Waals surface area (Å²) in [6, 6.07) is 6.88. The number of nitro groups is 1. The van der Waals surface area contributed by atoms with E-state index in [1.54, 1.807) is 12.1 Å². The second kappa shape index (κ2) is 6.55. The van der Waals surface area contributed by atoms with Crippen LogP contribution in [-0.2, 0) is 0 Å². The van der Waals surface area contributed by atoms with Crippen molar-refractivity contribution < 1.29 is 4.92 Å². The Morgan fingerprint density at radius 2 is 1.65 bits per heavy atom. The van der Waals surface area contributed by atoms with Crippen molar-refractivity contribution in [3.8, 4) is 0 Å². The Bertz CT molecular complexity index is 590. The Labute approximate surface area is 136 Å². The Morgan fingerprint density at radius 1 is 1.09 bits per heavy atom. The van der Waals surface area contributed by atoms with Crippen LogP contribution in [0.4, 0.5) is 11.4 Å². The number of piperidine rings is 2. The average molecular weight is 314 g/mol. The van der Waals surface area contributed by atoms with Crippen LogP contribution < -0.4 is 4.90 Å². The SMILES string of the molecule is [C-]#[N+]CN1CCC2(CC1)CCN(c1ccc([N+](=O)[O-])cc1)CC2. The molecule has 6 heteroatoms. The molecule has 0 unspecified atom stereocenters. The minimum Gasteiger partial charge on any atom is -0.371 e. The Hall–Kier alpha value is -2.13. The van der Waals surface area contributed by atoms with Crippen LogP contribution in [0.2, 0.25) is 0 Å². The summed E-state index contributed by atoms with van der Waals surface area (Å²) in [5, 5.41) is 10.7. The smallest absolute Gasteiger partial charge is 0.270 e. The van der Waals surface area contributed by atoms with Gasteiger partial charge in [0.15, 0.2) is 0 Å². The summed E-state index contributed by atoms with van der Waals surface area (Å²) in [5.41, 5.74) is 1.67. The summed E-state index contributed by atoms with van der Waals surface area (Å²) in [4.78, 5) is 18.4. The Morgan fingerprint density at radius 3 is 2.17 bits per heavy atom. The highest BCUT2D eigenvalue weighted by atomic mass is 16.6. The number of likely N-dealkylation sites (tertiary alicyclic amines) is 1. The molecule has 1 aromatic carbocycles. The van der Waals surface area contributed by atoms with Crippen LogP contribution in [0.5, 0.6) is 0 Å². The van der Waals surface area contributed by atoms with Crippen LogP contribution in [0.1, 0.15) is 25.7 Å². The lowest BCUT2D eigenvalue weighted by Crippen LogP contribution is -2.46. The molecule has 2 fully saturated rings. The maximum atomic E-state index is 10.7. The Balaban J connectivity index is 1.56. The van der Waals surface area contributed by atoms with Gasteiger partial charge >= 0.3 is 0 Å². The minimum atomic E-state index is -0.355. The topological polar surface area (TPSA) is 54.0 Å². The number of hydrogen-bond acceptors (Lipinski definition) is 4. The van der Waals surface area contributed by atoms with Gasteiger partial charge in [-0.2, -0.15) is 0 Å². The fourth-order valence-corrected chi connectivity index (χ4v) is 3.79. The first kappa shape index (κ1) is 15.8. The van der Waals surface area contributed by atoms with Gasteiger partial charge in [0.25, 0.3) is 12.4 Å². The molecule has 0 N–H and O–H groups in total. The molecule has 2 saturated heterocycles. The molecule has 0 aromatic heterocycles. The average Bonchev–Trinajstić information content (AvgIpc) is 2.58. The largest absolute Gasteiger partial charge is 0.371 e. The van der Waals surface area contributed by atoms with E-state index in [2.05, 4.69) is 14.6 Å². The van der Waals surface area contributed by atoms with Crippen LogP contribution in [0.15, 0.2) is 24.3 Å². The zero-order valence-corrected chi connectivity index (χ0v) is 13.3. The quantitative estimate of drug-likeness (QED) is 0.488. The first-order chi connectivity index (χ1) is 11.1. The van der Waals surface area contributed by atoms with Crippen molar-refractivity contribution in [3.05, 3.63) is 45.8 Å². The molecule has 6 nitrogen and oxygen atoms in total. The summed E-state index contributed by atoms with van der Waals surface area (Å²) in [5.74, 6) is 0. The number of benzene rings is 1. The minimum absolute atomic E-state index is 0.148. The normalized spacial score (nSPS) is 21.1. The number of hydrogen-bond donors (Lipinski definition) is 0. The number of anilines is 1. The van der Waals surface area contributed by atoms with Gasteiger partial charge in [0.1, 0.15) is 0 Å².